The SMILES string of the molecule is CC(C)(C)OC(=O)C(OC(=O)N[C@@H](CC(N)=O)C(=O)O)c1ccccc1N([O-])O. The van der Waals surface area contributed by atoms with Gasteiger partial charge in [-0.1, -0.05) is 18.2 Å². The molecule has 1 rings (SSSR count). The van der Waals surface area contributed by atoms with Gasteiger partial charge in [-0.05, 0) is 26.8 Å². The summed E-state index contributed by atoms with van der Waals surface area (Å²) in [5.74, 6) is -3.63. The predicted molar refractivity (Wildman–Crippen MR) is 97.5 cm³/mol. The van der Waals surface area contributed by atoms with E-state index in [-0.39, 0.29) is 5.56 Å². The number of hydrogen-bond acceptors (Lipinski definition) is 9. The van der Waals surface area contributed by atoms with Crippen molar-refractivity contribution in [3.8, 4) is 0 Å². The van der Waals surface area contributed by atoms with E-state index in [0.29, 0.717) is 0 Å². The number of rotatable bonds is 8. The molecular weight excluding hydrogens is 390 g/mol. The summed E-state index contributed by atoms with van der Waals surface area (Å²) in [5.41, 5.74) is 3.33. The Morgan fingerprint density at radius 3 is 2.31 bits per heavy atom. The number of anilines is 1. The van der Waals surface area contributed by atoms with E-state index in [4.69, 9.17) is 20.3 Å². The monoisotopic (exact) mass is 412 g/mol. The second kappa shape index (κ2) is 9.71. The molecule has 1 unspecified atom stereocenters. The Hall–Kier alpha value is -3.38. The summed E-state index contributed by atoms with van der Waals surface area (Å²) < 4.78 is 10.2. The van der Waals surface area contributed by atoms with Crippen molar-refractivity contribution < 1.29 is 39.0 Å². The molecule has 0 saturated heterocycles. The standard InChI is InChI=1S/C17H22N3O9/c1-17(2,3)29-15(24)13(9-6-4-5-7-11(9)20(26)27)28-16(25)19-10(14(22)23)8-12(18)21/h4-7,10,13,26H,8H2,1-3H3,(H2,18,21)(H,19,25)(H,22,23)/q-1/t10-,13?/m0/s1. The molecule has 1 aromatic carbocycles. The van der Waals surface area contributed by atoms with Crippen LogP contribution >= 0.6 is 0 Å². The number of esters is 1. The molecule has 0 aliphatic rings. The number of alkyl carbamates (subject to hydrolysis) is 1. The van der Waals surface area contributed by atoms with Gasteiger partial charge in [0.1, 0.15) is 11.6 Å². The molecule has 160 valence electrons. The van der Waals surface area contributed by atoms with Gasteiger partial charge < -0.3 is 36.1 Å². The largest absolute Gasteiger partial charge is 0.733 e. The van der Waals surface area contributed by atoms with Crippen LogP contribution in [0.1, 0.15) is 38.9 Å². The van der Waals surface area contributed by atoms with Crippen LogP contribution in [0.2, 0.25) is 0 Å². The van der Waals surface area contributed by atoms with Gasteiger partial charge in [0.15, 0.2) is 0 Å². The first kappa shape index (κ1) is 23.7. The van der Waals surface area contributed by atoms with Crippen LogP contribution in [0.25, 0.3) is 0 Å². The van der Waals surface area contributed by atoms with E-state index in [9.17, 15) is 29.6 Å². The van der Waals surface area contributed by atoms with E-state index in [0.717, 1.165) is 6.07 Å². The van der Waals surface area contributed by atoms with E-state index < -0.39 is 59.0 Å². The van der Waals surface area contributed by atoms with E-state index in [1.165, 1.54) is 18.2 Å². The van der Waals surface area contributed by atoms with Crippen LogP contribution in [0.3, 0.4) is 0 Å². The van der Waals surface area contributed by atoms with Gasteiger partial charge in [0.25, 0.3) is 0 Å². The molecule has 2 atom stereocenters. The van der Waals surface area contributed by atoms with Crippen LogP contribution in [-0.4, -0.2) is 45.9 Å². The Balaban J connectivity index is 3.19. The minimum atomic E-state index is -1.82. The van der Waals surface area contributed by atoms with Gasteiger partial charge in [-0.25, -0.2) is 14.4 Å². The van der Waals surface area contributed by atoms with Crippen molar-refractivity contribution in [2.75, 3.05) is 5.23 Å². The number of primary amides is 1. The summed E-state index contributed by atoms with van der Waals surface area (Å²) in [6, 6.07) is 3.49. The number of para-hydroxylation sites is 1. The number of carboxylic acid groups (broad SMARTS) is 1. The molecule has 12 nitrogen and oxygen atoms in total. The number of nitrogens with zero attached hydrogens (tertiary/aromatic N) is 1. The Kier molecular flexibility index (Phi) is 7.92. The third-order valence-electron chi connectivity index (χ3n) is 3.27. The van der Waals surface area contributed by atoms with Gasteiger partial charge in [-0.15, -0.1) is 0 Å². The lowest BCUT2D eigenvalue weighted by molar-refractivity contribution is -0.165. The maximum atomic E-state index is 12.5. The second-order valence-corrected chi connectivity index (χ2v) is 6.86. The molecule has 12 heteroatoms. The highest BCUT2D eigenvalue weighted by Gasteiger charge is 2.33. The van der Waals surface area contributed by atoms with Gasteiger partial charge in [-0.3, -0.25) is 10.0 Å². The van der Waals surface area contributed by atoms with Crippen molar-refractivity contribution in [2.24, 2.45) is 5.73 Å². The molecule has 0 aromatic heterocycles. The van der Waals surface area contributed by atoms with E-state index in [1.807, 2.05) is 5.32 Å². The number of amides is 2. The van der Waals surface area contributed by atoms with Gasteiger partial charge in [0.2, 0.25) is 12.0 Å². The van der Waals surface area contributed by atoms with Crippen molar-refractivity contribution in [3.05, 3.63) is 35.0 Å². The summed E-state index contributed by atoms with van der Waals surface area (Å²) in [7, 11) is 0. The third kappa shape index (κ3) is 7.63. The van der Waals surface area contributed by atoms with Crippen LogP contribution in [0.4, 0.5) is 10.5 Å². The summed E-state index contributed by atoms with van der Waals surface area (Å²) >= 11 is 0. The summed E-state index contributed by atoms with van der Waals surface area (Å²) in [6.07, 6.45) is -3.93. The molecule has 0 heterocycles. The molecular formula is C17H22N3O9-. The van der Waals surface area contributed by atoms with Crippen molar-refractivity contribution in [1.82, 2.24) is 5.32 Å². The minimum absolute atomic E-state index is 0.212. The first-order chi connectivity index (χ1) is 13.3. The Labute approximate surface area is 165 Å². The zero-order valence-corrected chi connectivity index (χ0v) is 15.9. The molecule has 0 radical (unpaired) electrons. The zero-order chi connectivity index (χ0) is 22.4. The number of carboxylic acids is 1. The second-order valence-electron chi connectivity index (χ2n) is 6.86. The van der Waals surface area contributed by atoms with Crippen molar-refractivity contribution in [3.63, 3.8) is 0 Å². The van der Waals surface area contributed by atoms with Crippen molar-refractivity contribution in [1.29, 1.82) is 0 Å². The van der Waals surface area contributed by atoms with Crippen LogP contribution < -0.4 is 16.3 Å². The fourth-order valence-electron chi connectivity index (χ4n) is 2.16. The molecule has 1 aromatic rings. The Morgan fingerprint density at radius 2 is 1.83 bits per heavy atom. The fourth-order valence-corrected chi connectivity index (χ4v) is 2.16. The van der Waals surface area contributed by atoms with E-state index >= 15 is 0 Å². The van der Waals surface area contributed by atoms with Crippen LogP contribution in [0.15, 0.2) is 24.3 Å². The fraction of sp³-hybridized carbons (Fsp3) is 0.412. The van der Waals surface area contributed by atoms with Crippen molar-refractivity contribution >= 4 is 29.6 Å². The first-order valence-corrected chi connectivity index (χ1v) is 8.28. The normalized spacial score (nSPS) is 13.0. The molecule has 0 fully saturated rings. The highest BCUT2D eigenvalue weighted by Crippen LogP contribution is 2.30. The highest BCUT2D eigenvalue weighted by atomic mass is 16.8. The predicted octanol–water partition coefficient (Wildman–Crippen LogP) is 0.818. The molecule has 0 saturated carbocycles. The van der Waals surface area contributed by atoms with E-state index in [2.05, 4.69) is 0 Å². The Bertz CT molecular complexity index is 774. The van der Waals surface area contributed by atoms with E-state index in [1.54, 1.807) is 20.8 Å². The molecule has 0 bridgehead atoms. The lowest BCUT2D eigenvalue weighted by Crippen LogP contribution is -2.44. The molecule has 29 heavy (non-hydrogen) atoms. The topological polar surface area (TPSA) is 192 Å². The van der Waals surface area contributed by atoms with Crippen LogP contribution in [-0.2, 0) is 23.9 Å². The maximum absolute atomic E-state index is 12.5. The van der Waals surface area contributed by atoms with Gasteiger partial charge >= 0.3 is 18.0 Å². The first-order valence-electron chi connectivity index (χ1n) is 8.28. The molecule has 2 amide bonds. The minimum Gasteiger partial charge on any atom is -0.733 e. The lowest BCUT2D eigenvalue weighted by Gasteiger charge is -2.29. The maximum Gasteiger partial charge on any atom is 0.409 e. The quantitative estimate of drug-likeness (QED) is 0.351. The smallest absolute Gasteiger partial charge is 0.409 e. The number of nitrogens with two attached hydrogens (primary N) is 1. The van der Waals surface area contributed by atoms with Gasteiger partial charge in [0, 0.05) is 5.56 Å². The summed E-state index contributed by atoms with van der Waals surface area (Å²) in [6.45, 7) is 4.65. The molecule has 5 N–H and O–H groups in total. The summed E-state index contributed by atoms with van der Waals surface area (Å²) in [5, 5.41) is 31.1. The number of hydrogen-bond donors (Lipinski definition) is 4. The van der Waals surface area contributed by atoms with Crippen molar-refractivity contribution in [2.45, 2.75) is 44.9 Å². The number of ether oxygens (including phenoxy) is 2. The molecule has 0 spiro atoms. The average molecular weight is 412 g/mol. The number of aliphatic carboxylic acids is 1. The molecule has 0 aliphatic carbocycles. The molecule has 0 aliphatic heterocycles. The summed E-state index contributed by atoms with van der Waals surface area (Å²) in [4.78, 5) is 46.8. The number of benzene rings is 1. The van der Waals surface area contributed by atoms with Gasteiger partial charge in [0.05, 0.1) is 12.1 Å². The van der Waals surface area contributed by atoms with Crippen LogP contribution in [0.5, 0.6) is 0 Å². The highest BCUT2D eigenvalue weighted by molar-refractivity contribution is 5.87. The number of nitrogens with one attached hydrogen (secondary N) is 1. The van der Waals surface area contributed by atoms with Crippen LogP contribution in [0, 0.1) is 5.21 Å². The number of carbonyl (C=O) groups is 4. The number of carbonyl (C=O) groups excluding carboxylic acids is 3. The van der Waals surface area contributed by atoms with Gasteiger partial charge in [-0.2, -0.15) is 0 Å². The Morgan fingerprint density at radius 1 is 1.24 bits per heavy atom. The lowest BCUT2D eigenvalue weighted by atomic mass is 10.1. The third-order valence-corrected chi connectivity index (χ3v) is 3.27. The average Bonchev–Trinajstić information content (AvgIpc) is 2.57. The zero-order valence-electron chi connectivity index (χ0n) is 15.9.